The summed E-state index contributed by atoms with van der Waals surface area (Å²) in [5.74, 6) is 0. The molecule has 1 N–H and O–H groups in total. The molecule has 0 radical (unpaired) electrons. The number of hydrogen-bond acceptors (Lipinski definition) is 1. The highest BCUT2D eigenvalue weighted by Crippen LogP contribution is 2.25. The summed E-state index contributed by atoms with van der Waals surface area (Å²) in [4.78, 5) is 0. The van der Waals surface area contributed by atoms with Crippen molar-refractivity contribution in [3.8, 4) is 0 Å². The van der Waals surface area contributed by atoms with Crippen LogP contribution in [0.25, 0.3) is 0 Å². The van der Waals surface area contributed by atoms with Gasteiger partial charge in [0, 0.05) is 0 Å². The van der Waals surface area contributed by atoms with E-state index in [-0.39, 0.29) is 0 Å². The first-order valence-corrected chi connectivity index (χ1v) is 5.48. The summed E-state index contributed by atoms with van der Waals surface area (Å²) < 4.78 is 0. The predicted octanol–water partition coefficient (Wildman–Crippen LogP) is 3.39. The molecule has 0 heterocycles. The normalized spacial score (nSPS) is 12.4. The van der Waals surface area contributed by atoms with Crippen molar-refractivity contribution in [2.24, 2.45) is 0 Å². The molecule has 2 rings (SSSR count). The zero-order valence-corrected chi connectivity index (χ0v) is 9.64. The van der Waals surface area contributed by atoms with E-state index in [0.29, 0.717) is 0 Å². The Labute approximate surface area is 96.4 Å². The Balaban J connectivity index is 2.41. The van der Waals surface area contributed by atoms with Gasteiger partial charge in [0.1, 0.15) is 6.10 Å². The predicted molar refractivity (Wildman–Crippen MR) is 66.4 cm³/mol. The minimum Gasteiger partial charge on any atom is -0.384 e. The quantitative estimate of drug-likeness (QED) is 0.809. The molecule has 0 unspecified atom stereocenters. The topological polar surface area (TPSA) is 20.2 Å². The summed E-state index contributed by atoms with van der Waals surface area (Å²) >= 11 is 0. The average molecular weight is 212 g/mol. The lowest BCUT2D eigenvalue weighted by Crippen LogP contribution is -2.02. The number of aryl methyl sites for hydroxylation is 2. The van der Waals surface area contributed by atoms with E-state index < -0.39 is 6.10 Å². The highest BCUT2D eigenvalue weighted by molar-refractivity contribution is 5.37. The van der Waals surface area contributed by atoms with Crippen LogP contribution in [-0.4, -0.2) is 5.11 Å². The number of rotatable bonds is 2. The van der Waals surface area contributed by atoms with Gasteiger partial charge in [-0.15, -0.1) is 0 Å². The largest absolute Gasteiger partial charge is 0.384 e. The lowest BCUT2D eigenvalue weighted by molar-refractivity contribution is 0.219. The number of hydrogen-bond donors (Lipinski definition) is 1. The van der Waals surface area contributed by atoms with Crippen LogP contribution < -0.4 is 0 Å². The maximum Gasteiger partial charge on any atom is 0.104 e. The molecular weight excluding hydrogens is 196 g/mol. The van der Waals surface area contributed by atoms with Gasteiger partial charge in [0.2, 0.25) is 0 Å². The molecule has 0 fully saturated rings. The maximum atomic E-state index is 10.3. The van der Waals surface area contributed by atoms with Gasteiger partial charge in [-0.1, -0.05) is 54.1 Å². The molecule has 0 saturated heterocycles. The van der Waals surface area contributed by atoms with E-state index >= 15 is 0 Å². The maximum absolute atomic E-state index is 10.3. The third-order valence-corrected chi connectivity index (χ3v) is 2.84. The van der Waals surface area contributed by atoms with Crippen LogP contribution in [0.3, 0.4) is 0 Å². The van der Waals surface area contributed by atoms with Crippen LogP contribution in [0.15, 0.2) is 48.5 Å². The molecular formula is C15H16O. The van der Waals surface area contributed by atoms with Gasteiger partial charge < -0.3 is 5.11 Å². The van der Waals surface area contributed by atoms with Crippen molar-refractivity contribution in [1.82, 2.24) is 0 Å². The molecule has 0 bridgehead atoms. The minimum atomic E-state index is -0.527. The molecule has 1 heteroatoms. The standard InChI is InChI=1S/C15H16O/c1-11-8-9-12(2)14(10-11)15(16)13-6-4-3-5-7-13/h3-10,15-16H,1-2H3/t15-/m0/s1. The van der Waals surface area contributed by atoms with Gasteiger partial charge in [0.25, 0.3) is 0 Å². The van der Waals surface area contributed by atoms with Crippen LogP contribution in [0.2, 0.25) is 0 Å². The zero-order chi connectivity index (χ0) is 11.5. The van der Waals surface area contributed by atoms with Crippen molar-refractivity contribution < 1.29 is 5.11 Å². The summed E-state index contributed by atoms with van der Waals surface area (Å²) in [6, 6.07) is 15.9. The molecule has 82 valence electrons. The molecule has 0 amide bonds. The minimum absolute atomic E-state index is 0.527. The Bertz CT molecular complexity index is 474. The first-order valence-electron chi connectivity index (χ1n) is 5.48. The van der Waals surface area contributed by atoms with E-state index in [1.54, 1.807) is 0 Å². The Morgan fingerprint density at radius 2 is 1.62 bits per heavy atom. The van der Waals surface area contributed by atoms with Crippen LogP contribution in [0.4, 0.5) is 0 Å². The van der Waals surface area contributed by atoms with E-state index in [1.165, 1.54) is 5.56 Å². The highest BCUT2D eigenvalue weighted by Gasteiger charge is 2.12. The second-order valence-electron chi connectivity index (χ2n) is 4.17. The summed E-state index contributed by atoms with van der Waals surface area (Å²) in [7, 11) is 0. The van der Waals surface area contributed by atoms with Crippen LogP contribution in [0, 0.1) is 13.8 Å². The van der Waals surface area contributed by atoms with E-state index in [9.17, 15) is 5.11 Å². The van der Waals surface area contributed by atoms with Crippen molar-refractivity contribution >= 4 is 0 Å². The van der Waals surface area contributed by atoms with Gasteiger partial charge >= 0.3 is 0 Å². The first kappa shape index (κ1) is 10.9. The molecule has 1 nitrogen and oxygen atoms in total. The molecule has 2 aromatic rings. The molecule has 1 atom stereocenters. The monoisotopic (exact) mass is 212 g/mol. The van der Waals surface area contributed by atoms with E-state index in [0.717, 1.165) is 16.7 Å². The Hall–Kier alpha value is -1.60. The SMILES string of the molecule is Cc1ccc(C)c([C@@H](O)c2ccccc2)c1. The van der Waals surface area contributed by atoms with E-state index in [2.05, 4.69) is 12.1 Å². The van der Waals surface area contributed by atoms with Crippen LogP contribution in [0.5, 0.6) is 0 Å². The fourth-order valence-corrected chi connectivity index (χ4v) is 1.87. The van der Waals surface area contributed by atoms with Gasteiger partial charge in [-0.05, 0) is 30.5 Å². The van der Waals surface area contributed by atoms with Gasteiger partial charge in [-0.3, -0.25) is 0 Å². The molecule has 0 aliphatic carbocycles. The van der Waals surface area contributed by atoms with Gasteiger partial charge in [-0.2, -0.15) is 0 Å². The summed E-state index contributed by atoms with van der Waals surface area (Å²) in [5, 5.41) is 10.3. The van der Waals surface area contributed by atoms with Crippen molar-refractivity contribution in [3.63, 3.8) is 0 Å². The summed E-state index contributed by atoms with van der Waals surface area (Å²) in [5.41, 5.74) is 4.24. The number of benzene rings is 2. The molecule has 0 saturated carbocycles. The lowest BCUT2D eigenvalue weighted by Gasteiger charge is -2.14. The summed E-state index contributed by atoms with van der Waals surface area (Å²) in [6.07, 6.45) is -0.527. The smallest absolute Gasteiger partial charge is 0.104 e. The van der Waals surface area contributed by atoms with E-state index in [4.69, 9.17) is 0 Å². The fourth-order valence-electron chi connectivity index (χ4n) is 1.87. The molecule has 0 spiro atoms. The molecule has 2 aromatic carbocycles. The second-order valence-corrected chi connectivity index (χ2v) is 4.17. The molecule has 0 aromatic heterocycles. The van der Waals surface area contributed by atoms with Gasteiger partial charge in [0.05, 0.1) is 0 Å². The zero-order valence-electron chi connectivity index (χ0n) is 9.64. The van der Waals surface area contributed by atoms with Crippen LogP contribution in [0.1, 0.15) is 28.4 Å². The molecule has 16 heavy (non-hydrogen) atoms. The average Bonchev–Trinajstić information content (AvgIpc) is 2.32. The van der Waals surface area contributed by atoms with Crippen molar-refractivity contribution in [1.29, 1.82) is 0 Å². The van der Waals surface area contributed by atoms with Crippen molar-refractivity contribution in [3.05, 3.63) is 70.8 Å². The fraction of sp³-hybridized carbons (Fsp3) is 0.200. The number of aliphatic hydroxyl groups excluding tert-OH is 1. The third kappa shape index (κ3) is 2.15. The Morgan fingerprint density at radius 3 is 2.31 bits per heavy atom. The molecule has 0 aliphatic heterocycles. The Kier molecular flexibility index (Phi) is 3.07. The summed E-state index contributed by atoms with van der Waals surface area (Å²) in [6.45, 7) is 4.07. The van der Waals surface area contributed by atoms with Crippen LogP contribution in [-0.2, 0) is 0 Å². The van der Waals surface area contributed by atoms with Gasteiger partial charge in [-0.25, -0.2) is 0 Å². The Morgan fingerprint density at radius 1 is 0.938 bits per heavy atom. The second kappa shape index (κ2) is 4.50. The van der Waals surface area contributed by atoms with E-state index in [1.807, 2.05) is 50.2 Å². The first-order chi connectivity index (χ1) is 7.68. The van der Waals surface area contributed by atoms with Gasteiger partial charge in [0.15, 0.2) is 0 Å². The van der Waals surface area contributed by atoms with Crippen molar-refractivity contribution in [2.45, 2.75) is 20.0 Å². The lowest BCUT2D eigenvalue weighted by atomic mass is 9.96. The van der Waals surface area contributed by atoms with Crippen molar-refractivity contribution in [2.75, 3.05) is 0 Å². The highest BCUT2D eigenvalue weighted by atomic mass is 16.3. The third-order valence-electron chi connectivity index (χ3n) is 2.84. The van der Waals surface area contributed by atoms with Crippen LogP contribution >= 0.6 is 0 Å². The number of aliphatic hydroxyl groups is 1. The molecule has 0 aliphatic rings.